The quantitative estimate of drug-likeness (QED) is 0.447. The summed E-state index contributed by atoms with van der Waals surface area (Å²) in [6.07, 6.45) is 11.1. The van der Waals surface area contributed by atoms with Crippen LogP contribution in [0.2, 0.25) is 0 Å². The van der Waals surface area contributed by atoms with Crippen molar-refractivity contribution in [1.82, 2.24) is 25.2 Å². The molecule has 0 aromatic carbocycles. The summed E-state index contributed by atoms with van der Waals surface area (Å²) in [4.78, 5) is 39.2. The third-order valence-electron chi connectivity index (χ3n) is 7.59. The normalized spacial score (nSPS) is 21.9. The van der Waals surface area contributed by atoms with Crippen LogP contribution in [0, 0.1) is 5.41 Å². The van der Waals surface area contributed by atoms with E-state index in [0.29, 0.717) is 42.6 Å². The monoisotopic (exact) mass is 526 g/mol. The Hall–Kier alpha value is -3.34. The summed E-state index contributed by atoms with van der Waals surface area (Å²) in [6.45, 7) is 6.01. The van der Waals surface area contributed by atoms with Gasteiger partial charge in [0, 0.05) is 26.6 Å². The maximum atomic E-state index is 13.1. The maximum Gasteiger partial charge on any atom is 0.343 e. The van der Waals surface area contributed by atoms with Gasteiger partial charge in [0.05, 0.1) is 30.5 Å². The standard InChI is InChI=1S/C27H42N8O3/c1-7-34-26(37)33(5)21-18-29-25(31-23(21)35(34)19-11-8-9-12-19)30-20-13-14-27(2,17-22(20)38-6)24(36)28-15-10-16-32(3)4/h13-14,18-19H,7-12,15-17H2,1-6H3,(H,28,36)(H,29,30,31). The molecule has 0 bridgehead atoms. The molecule has 2 N–H and O–H groups in total. The van der Waals surface area contributed by atoms with Gasteiger partial charge in [0.15, 0.2) is 5.82 Å². The summed E-state index contributed by atoms with van der Waals surface area (Å²) in [6, 6.07) is 0.157. The summed E-state index contributed by atoms with van der Waals surface area (Å²) < 4.78 is 5.71. The van der Waals surface area contributed by atoms with Crippen LogP contribution in [0.5, 0.6) is 0 Å². The lowest BCUT2D eigenvalue weighted by atomic mass is 9.81. The van der Waals surface area contributed by atoms with Gasteiger partial charge in [0.1, 0.15) is 11.4 Å². The molecule has 1 unspecified atom stereocenters. The number of fused-ring (bicyclic) bond motifs is 1. The van der Waals surface area contributed by atoms with Crippen LogP contribution in [0.25, 0.3) is 0 Å². The van der Waals surface area contributed by atoms with Crippen molar-refractivity contribution in [3.63, 3.8) is 0 Å². The number of nitrogens with one attached hydrogen (secondary N) is 2. The number of carbonyl (C=O) groups is 2. The van der Waals surface area contributed by atoms with E-state index >= 15 is 0 Å². The lowest BCUT2D eigenvalue weighted by Gasteiger charge is -2.45. The fraction of sp³-hybridized carbons (Fsp3) is 0.630. The van der Waals surface area contributed by atoms with Gasteiger partial charge < -0.3 is 20.3 Å². The van der Waals surface area contributed by atoms with Gasteiger partial charge in [-0.3, -0.25) is 14.7 Å². The van der Waals surface area contributed by atoms with E-state index in [9.17, 15) is 9.59 Å². The van der Waals surface area contributed by atoms with Crippen LogP contribution < -0.4 is 20.5 Å². The first-order valence-electron chi connectivity index (χ1n) is 13.6. The molecule has 3 amide bonds. The van der Waals surface area contributed by atoms with E-state index in [1.165, 1.54) is 0 Å². The van der Waals surface area contributed by atoms with E-state index in [1.807, 2.05) is 40.1 Å². The molecule has 1 fully saturated rings. The summed E-state index contributed by atoms with van der Waals surface area (Å²) in [5.74, 6) is 1.77. The minimum absolute atomic E-state index is 0.0225. The number of nitrogens with zero attached hydrogens (tertiary/aromatic N) is 6. The number of anilines is 3. The SMILES string of the molecule is CCN1C(=O)N(C)c2cnc(NC3=C(OC)CC(C)(C(=O)NCCCN(C)C)C=C3)nc2N1C1CCCC1. The molecule has 0 radical (unpaired) electrons. The van der Waals surface area contributed by atoms with Crippen molar-refractivity contribution >= 4 is 29.4 Å². The molecule has 2 heterocycles. The van der Waals surface area contributed by atoms with E-state index in [2.05, 4.69) is 25.5 Å². The summed E-state index contributed by atoms with van der Waals surface area (Å²) in [7, 11) is 7.41. The van der Waals surface area contributed by atoms with E-state index in [4.69, 9.17) is 9.72 Å². The molecule has 0 saturated heterocycles. The van der Waals surface area contributed by atoms with E-state index in [1.54, 1.807) is 30.3 Å². The van der Waals surface area contributed by atoms with Crippen LogP contribution in [-0.2, 0) is 9.53 Å². The molecule has 1 aromatic heterocycles. The topological polar surface area (TPSA) is 106 Å². The van der Waals surface area contributed by atoms with Crippen molar-refractivity contribution < 1.29 is 14.3 Å². The van der Waals surface area contributed by atoms with Gasteiger partial charge >= 0.3 is 6.03 Å². The number of amides is 3. The number of urea groups is 1. The highest BCUT2D eigenvalue weighted by atomic mass is 16.5. The Bertz CT molecular complexity index is 1100. The van der Waals surface area contributed by atoms with Crippen LogP contribution in [0.3, 0.4) is 0 Å². The zero-order chi connectivity index (χ0) is 27.4. The number of ether oxygens (including phenoxy) is 1. The first kappa shape index (κ1) is 27.7. The number of hydrazine groups is 1. The second-order valence-corrected chi connectivity index (χ2v) is 10.7. The molecule has 2 aliphatic carbocycles. The van der Waals surface area contributed by atoms with Crippen LogP contribution in [-0.4, -0.2) is 85.7 Å². The molecule has 1 saturated carbocycles. The molecule has 38 heavy (non-hydrogen) atoms. The molecule has 208 valence electrons. The second-order valence-electron chi connectivity index (χ2n) is 10.7. The number of aromatic nitrogens is 2. The number of carbonyl (C=O) groups excluding carboxylic acids is 2. The van der Waals surface area contributed by atoms with Crippen molar-refractivity contribution in [1.29, 1.82) is 0 Å². The zero-order valence-corrected chi connectivity index (χ0v) is 23.6. The molecule has 11 nitrogen and oxygen atoms in total. The summed E-state index contributed by atoms with van der Waals surface area (Å²) >= 11 is 0. The van der Waals surface area contributed by atoms with Crippen molar-refractivity contribution in [3.8, 4) is 0 Å². The molecule has 0 spiro atoms. The van der Waals surface area contributed by atoms with Crippen LogP contribution in [0.1, 0.15) is 52.4 Å². The van der Waals surface area contributed by atoms with Crippen molar-refractivity contribution in [3.05, 3.63) is 29.8 Å². The molecule has 3 aliphatic rings. The maximum absolute atomic E-state index is 13.1. The minimum Gasteiger partial charge on any atom is -0.499 e. The predicted molar refractivity (Wildman–Crippen MR) is 149 cm³/mol. The fourth-order valence-electron chi connectivity index (χ4n) is 5.34. The van der Waals surface area contributed by atoms with Gasteiger partial charge in [-0.05, 0) is 59.8 Å². The first-order valence-corrected chi connectivity index (χ1v) is 13.6. The molecule has 11 heteroatoms. The summed E-state index contributed by atoms with van der Waals surface area (Å²) in [5.41, 5.74) is 0.691. The Morgan fingerprint density at radius 3 is 2.68 bits per heavy atom. The van der Waals surface area contributed by atoms with Gasteiger partial charge in [-0.2, -0.15) is 4.98 Å². The zero-order valence-electron chi connectivity index (χ0n) is 23.6. The van der Waals surface area contributed by atoms with Crippen LogP contribution in [0.4, 0.5) is 22.2 Å². The highest BCUT2D eigenvalue weighted by Gasteiger charge is 2.40. The third kappa shape index (κ3) is 5.57. The Morgan fingerprint density at radius 1 is 1.29 bits per heavy atom. The molecule has 4 rings (SSSR count). The van der Waals surface area contributed by atoms with Crippen LogP contribution >= 0.6 is 0 Å². The largest absolute Gasteiger partial charge is 0.499 e. The minimum atomic E-state index is -0.713. The number of hydrogen-bond acceptors (Lipinski definition) is 8. The average Bonchev–Trinajstić information content (AvgIpc) is 3.43. The summed E-state index contributed by atoms with van der Waals surface area (Å²) in [5, 5.41) is 10.2. The predicted octanol–water partition coefficient (Wildman–Crippen LogP) is 3.34. The molecule has 1 aliphatic heterocycles. The van der Waals surface area contributed by atoms with Gasteiger partial charge in [0.25, 0.3) is 0 Å². The van der Waals surface area contributed by atoms with Gasteiger partial charge in [-0.15, -0.1) is 0 Å². The Kier molecular flexibility index (Phi) is 8.44. The third-order valence-corrected chi connectivity index (χ3v) is 7.59. The van der Waals surface area contributed by atoms with E-state index in [0.717, 1.165) is 44.5 Å². The fourth-order valence-corrected chi connectivity index (χ4v) is 5.34. The average molecular weight is 527 g/mol. The Balaban J connectivity index is 1.54. The lowest BCUT2D eigenvalue weighted by molar-refractivity contribution is -0.128. The van der Waals surface area contributed by atoms with Gasteiger partial charge in [-0.25, -0.2) is 14.8 Å². The Morgan fingerprint density at radius 2 is 2.03 bits per heavy atom. The molecular weight excluding hydrogens is 484 g/mol. The van der Waals surface area contributed by atoms with Crippen molar-refractivity contribution in [2.24, 2.45) is 5.41 Å². The van der Waals surface area contributed by atoms with Crippen molar-refractivity contribution in [2.75, 3.05) is 63.1 Å². The molecular formula is C27H42N8O3. The number of hydrogen-bond donors (Lipinski definition) is 2. The van der Waals surface area contributed by atoms with Gasteiger partial charge in [-0.1, -0.05) is 18.9 Å². The smallest absolute Gasteiger partial charge is 0.343 e. The first-order chi connectivity index (χ1) is 18.2. The highest BCUT2D eigenvalue weighted by molar-refractivity contribution is 5.98. The second kappa shape index (κ2) is 11.6. The van der Waals surface area contributed by atoms with E-state index in [-0.39, 0.29) is 18.0 Å². The number of methoxy groups -OCH3 is 1. The molecule has 1 aromatic rings. The Labute approximate surface area is 225 Å². The lowest BCUT2D eigenvalue weighted by Crippen LogP contribution is -2.59. The molecule has 1 atom stereocenters. The van der Waals surface area contributed by atoms with Gasteiger partial charge in [0.2, 0.25) is 11.9 Å². The number of rotatable bonds is 10. The van der Waals surface area contributed by atoms with E-state index < -0.39 is 5.41 Å². The van der Waals surface area contributed by atoms with Crippen LogP contribution in [0.15, 0.2) is 29.8 Å². The number of allylic oxidation sites excluding steroid dienone is 2. The van der Waals surface area contributed by atoms with Crippen molar-refractivity contribution in [2.45, 2.75) is 58.4 Å². The highest BCUT2D eigenvalue weighted by Crippen LogP contribution is 2.39.